The molecule has 0 saturated heterocycles. The van der Waals surface area contributed by atoms with Crippen LogP contribution in [0.1, 0.15) is 16.2 Å². The Bertz CT molecular complexity index is 621. The third-order valence-corrected chi connectivity index (χ3v) is 2.92. The average molecular weight is 322 g/mol. The van der Waals surface area contributed by atoms with Gasteiger partial charge in [-0.2, -0.15) is 13.2 Å². The maximum atomic E-state index is 12.5. The number of fused-ring (bicyclic) bond motifs is 1. The highest BCUT2D eigenvalue weighted by Gasteiger charge is 2.32. The molecule has 1 amide bonds. The molecule has 0 aliphatic rings. The SMILES string of the molecule is NC(=O)c1nc2c(Br)cccn2c1CC(F)(F)F. The number of hydrogen-bond acceptors (Lipinski definition) is 2. The fourth-order valence-electron chi connectivity index (χ4n) is 1.64. The number of halogens is 4. The van der Waals surface area contributed by atoms with Crippen molar-refractivity contribution in [2.45, 2.75) is 12.6 Å². The number of nitrogens with zero attached hydrogens (tertiary/aromatic N) is 2. The molecule has 0 aliphatic heterocycles. The van der Waals surface area contributed by atoms with Crippen LogP contribution < -0.4 is 5.73 Å². The molecule has 2 aromatic rings. The van der Waals surface area contributed by atoms with E-state index >= 15 is 0 Å². The standard InChI is InChI=1S/C10H7BrF3N3O/c11-5-2-1-3-17-6(4-10(12,13)14)7(8(15)18)16-9(5)17/h1-3H,4H2,(H2,15,18). The molecule has 2 N–H and O–H groups in total. The number of amides is 1. The van der Waals surface area contributed by atoms with Gasteiger partial charge in [0, 0.05) is 6.20 Å². The molecule has 18 heavy (non-hydrogen) atoms. The number of imidazole rings is 1. The summed E-state index contributed by atoms with van der Waals surface area (Å²) >= 11 is 3.16. The predicted molar refractivity (Wildman–Crippen MR) is 61.2 cm³/mol. The molecule has 96 valence electrons. The molecular formula is C10H7BrF3N3O. The van der Waals surface area contributed by atoms with Crippen LogP contribution in [0.25, 0.3) is 5.65 Å². The minimum atomic E-state index is -4.44. The van der Waals surface area contributed by atoms with Crippen LogP contribution in [0.3, 0.4) is 0 Å². The summed E-state index contributed by atoms with van der Waals surface area (Å²) in [5, 5.41) is 0. The summed E-state index contributed by atoms with van der Waals surface area (Å²) in [7, 11) is 0. The first-order chi connectivity index (χ1) is 8.29. The molecule has 0 atom stereocenters. The van der Waals surface area contributed by atoms with Gasteiger partial charge in [0.15, 0.2) is 11.3 Å². The zero-order valence-corrected chi connectivity index (χ0v) is 10.4. The summed E-state index contributed by atoms with van der Waals surface area (Å²) in [6, 6.07) is 3.16. The molecule has 0 radical (unpaired) electrons. The van der Waals surface area contributed by atoms with E-state index in [4.69, 9.17) is 5.73 Å². The van der Waals surface area contributed by atoms with Gasteiger partial charge in [-0.05, 0) is 28.1 Å². The van der Waals surface area contributed by atoms with Crippen molar-refractivity contribution in [1.82, 2.24) is 9.38 Å². The molecule has 0 fully saturated rings. The van der Waals surface area contributed by atoms with Gasteiger partial charge >= 0.3 is 6.18 Å². The first-order valence-corrected chi connectivity index (χ1v) is 5.61. The van der Waals surface area contributed by atoms with Crippen LogP contribution in [0.15, 0.2) is 22.8 Å². The van der Waals surface area contributed by atoms with Gasteiger partial charge in [-0.15, -0.1) is 0 Å². The fraction of sp³-hybridized carbons (Fsp3) is 0.200. The Morgan fingerprint density at radius 2 is 2.17 bits per heavy atom. The maximum absolute atomic E-state index is 12.5. The number of alkyl halides is 3. The fourth-order valence-corrected chi connectivity index (χ4v) is 2.07. The van der Waals surface area contributed by atoms with E-state index < -0.39 is 18.5 Å². The molecule has 0 aromatic carbocycles. The van der Waals surface area contributed by atoms with E-state index in [9.17, 15) is 18.0 Å². The van der Waals surface area contributed by atoms with Crippen molar-refractivity contribution in [3.63, 3.8) is 0 Å². The highest BCUT2D eigenvalue weighted by Crippen LogP contribution is 2.26. The van der Waals surface area contributed by atoms with Gasteiger partial charge in [-0.3, -0.25) is 4.79 Å². The molecule has 2 rings (SSSR count). The van der Waals surface area contributed by atoms with Crippen molar-refractivity contribution in [3.8, 4) is 0 Å². The van der Waals surface area contributed by atoms with Crippen LogP contribution in [-0.4, -0.2) is 21.5 Å². The predicted octanol–water partition coefficient (Wildman–Crippen LogP) is 2.30. The van der Waals surface area contributed by atoms with E-state index in [2.05, 4.69) is 20.9 Å². The number of primary amides is 1. The van der Waals surface area contributed by atoms with Gasteiger partial charge in [0.2, 0.25) is 0 Å². The van der Waals surface area contributed by atoms with Crippen LogP contribution in [0.2, 0.25) is 0 Å². The Kier molecular flexibility index (Phi) is 3.05. The van der Waals surface area contributed by atoms with Crippen molar-refractivity contribution in [2.75, 3.05) is 0 Å². The van der Waals surface area contributed by atoms with E-state index in [1.807, 2.05) is 0 Å². The largest absolute Gasteiger partial charge is 0.394 e. The summed E-state index contributed by atoms with van der Waals surface area (Å²) in [6.07, 6.45) is -4.30. The molecule has 0 unspecified atom stereocenters. The topological polar surface area (TPSA) is 60.4 Å². The Morgan fingerprint density at radius 3 is 2.72 bits per heavy atom. The van der Waals surface area contributed by atoms with E-state index in [1.54, 1.807) is 12.1 Å². The third-order valence-electron chi connectivity index (χ3n) is 2.30. The number of nitrogens with two attached hydrogens (primary N) is 1. The number of carbonyl (C=O) groups is 1. The second-order valence-electron chi connectivity index (χ2n) is 3.61. The summed E-state index contributed by atoms with van der Waals surface area (Å²) < 4.78 is 39.2. The van der Waals surface area contributed by atoms with Crippen molar-refractivity contribution >= 4 is 27.5 Å². The normalized spacial score (nSPS) is 12.0. The van der Waals surface area contributed by atoms with Crippen molar-refractivity contribution in [2.24, 2.45) is 5.73 Å². The van der Waals surface area contributed by atoms with Crippen LogP contribution in [-0.2, 0) is 6.42 Å². The van der Waals surface area contributed by atoms with Gasteiger partial charge < -0.3 is 10.1 Å². The molecule has 2 heterocycles. The summed E-state index contributed by atoms with van der Waals surface area (Å²) in [5.74, 6) is -0.982. The highest BCUT2D eigenvalue weighted by atomic mass is 79.9. The summed E-state index contributed by atoms with van der Waals surface area (Å²) in [4.78, 5) is 15.0. The molecule has 0 spiro atoms. The lowest BCUT2D eigenvalue weighted by molar-refractivity contribution is -0.128. The summed E-state index contributed by atoms with van der Waals surface area (Å²) in [5.41, 5.74) is 4.66. The molecule has 4 nitrogen and oxygen atoms in total. The van der Waals surface area contributed by atoms with Crippen molar-refractivity contribution in [3.05, 3.63) is 34.2 Å². The lowest BCUT2D eigenvalue weighted by Gasteiger charge is -2.07. The molecular weight excluding hydrogens is 315 g/mol. The quantitative estimate of drug-likeness (QED) is 0.922. The van der Waals surface area contributed by atoms with Gasteiger partial charge in [0.05, 0.1) is 16.6 Å². The van der Waals surface area contributed by atoms with Crippen LogP contribution in [0, 0.1) is 0 Å². The van der Waals surface area contributed by atoms with Gasteiger partial charge in [-0.1, -0.05) is 0 Å². The number of hydrogen-bond donors (Lipinski definition) is 1. The van der Waals surface area contributed by atoms with Crippen molar-refractivity contribution in [1.29, 1.82) is 0 Å². The lowest BCUT2D eigenvalue weighted by atomic mass is 10.2. The molecule has 2 aromatic heterocycles. The van der Waals surface area contributed by atoms with E-state index in [0.717, 1.165) is 0 Å². The number of aromatic nitrogens is 2. The molecule has 0 saturated carbocycles. The highest BCUT2D eigenvalue weighted by molar-refractivity contribution is 9.10. The van der Waals surface area contributed by atoms with Gasteiger partial charge in [0.1, 0.15) is 0 Å². The Labute approximate surface area is 108 Å². The first kappa shape index (κ1) is 12.9. The zero-order chi connectivity index (χ0) is 13.5. The Balaban J connectivity index is 2.71. The Morgan fingerprint density at radius 1 is 1.50 bits per heavy atom. The monoisotopic (exact) mass is 321 g/mol. The Hall–Kier alpha value is -1.57. The van der Waals surface area contributed by atoms with Gasteiger partial charge in [0.25, 0.3) is 5.91 Å². The third kappa shape index (κ3) is 2.33. The minimum Gasteiger partial charge on any atom is -0.364 e. The van der Waals surface area contributed by atoms with Crippen molar-refractivity contribution < 1.29 is 18.0 Å². The first-order valence-electron chi connectivity index (χ1n) is 4.81. The number of carbonyl (C=O) groups excluding carboxylic acids is 1. The van der Waals surface area contributed by atoms with Crippen LogP contribution in [0.4, 0.5) is 13.2 Å². The molecule has 0 bridgehead atoms. The second-order valence-corrected chi connectivity index (χ2v) is 4.47. The smallest absolute Gasteiger partial charge is 0.364 e. The lowest BCUT2D eigenvalue weighted by Crippen LogP contribution is -2.19. The number of rotatable bonds is 2. The van der Waals surface area contributed by atoms with E-state index in [0.29, 0.717) is 4.47 Å². The average Bonchev–Trinajstić information content (AvgIpc) is 2.57. The van der Waals surface area contributed by atoms with Gasteiger partial charge in [-0.25, -0.2) is 4.98 Å². The molecule has 8 heteroatoms. The van der Waals surface area contributed by atoms with Crippen LogP contribution in [0.5, 0.6) is 0 Å². The summed E-state index contributed by atoms with van der Waals surface area (Å²) in [6.45, 7) is 0. The van der Waals surface area contributed by atoms with Crippen LogP contribution >= 0.6 is 15.9 Å². The number of pyridine rings is 1. The zero-order valence-electron chi connectivity index (χ0n) is 8.83. The second kappa shape index (κ2) is 4.27. The minimum absolute atomic E-state index is 0.227. The van der Waals surface area contributed by atoms with E-state index in [-0.39, 0.29) is 17.0 Å². The van der Waals surface area contributed by atoms with E-state index in [1.165, 1.54) is 10.6 Å². The maximum Gasteiger partial charge on any atom is 0.394 e. The molecule has 0 aliphatic carbocycles.